The second-order valence-corrected chi connectivity index (χ2v) is 4.55. The highest BCUT2D eigenvalue weighted by atomic mass is 16.5. The zero-order valence-corrected chi connectivity index (χ0v) is 9.01. The summed E-state index contributed by atoms with van der Waals surface area (Å²) in [6, 6.07) is 0. The van der Waals surface area contributed by atoms with Crippen LogP contribution in [0.15, 0.2) is 0 Å². The molecular weight excluding hydrogens is 162 g/mol. The van der Waals surface area contributed by atoms with Crippen LogP contribution in [-0.4, -0.2) is 18.8 Å². The fraction of sp³-hybridized carbons (Fsp3) is 1.00. The van der Waals surface area contributed by atoms with Gasteiger partial charge in [-0.15, -0.1) is 0 Å². The first-order chi connectivity index (χ1) is 6.16. The lowest BCUT2D eigenvalue weighted by Gasteiger charge is -2.30. The van der Waals surface area contributed by atoms with Crippen LogP contribution in [0.3, 0.4) is 0 Å². The summed E-state index contributed by atoms with van der Waals surface area (Å²) in [6.07, 6.45) is 5.70. The normalized spacial score (nSPS) is 32.5. The third-order valence-electron chi connectivity index (χ3n) is 3.16. The van der Waals surface area contributed by atoms with Crippen molar-refractivity contribution < 1.29 is 4.74 Å². The van der Waals surface area contributed by atoms with Gasteiger partial charge in [0.15, 0.2) is 0 Å². The van der Waals surface area contributed by atoms with Crippen LogP contribution in [0.25, 0.3) is 0 Å². The van der Waals surface area contributed by atoms with E-state index in [0.29, 0.717) is 0 Å². The van der Waals surface area contributed by atoms with E-state index in [1.54, 1.807) is 0 Å². The van der Waals surface area contributed by atoms with Crippen LogP contribution in [0, 0.1) is 5.92 Å². The molecule has 0 aromatic rings. The van der Waals surface area contributed by atoms with Crippen molar-refractivity contribution in [3.63, 3.8) is 0 Å². The number of hydrogen-bond donors (Lipinski definition) is 1. The predicted octanol–water partition coefficient (Wildman–Crippen LogP) is 2.32. The molecule has 0 aliphatic carbocycles. The first-order valence-corrected chi connectivity index (χ1v) is 5.53. The number of rotatable bonds is 3. The maximum Gasteiger partial charge on any atom is 0.0483 e. The Morgan fingerprint density at radius 3 is 2.85 bits per heavy atom. The zero-order valence-electron chi connectivity index (χ0n) is 9.01. The van der Waals surface area contributed by atoms with Crippen LogP contribution >= 0.6 is 0 Å². The van der Waals surface area contributed by atoms with Gasteiger partial charge in [-0.2, -0.15) is 0 Å². The fourth-order valence-electron chi connectivity index (χ4n) is 2.07. The lowest BCUT2D eigenvalue weighted by atomic mass is 9.82. The van der Waals surface area contributed by atoms with Crippen molar-refractivity contribution in [1.82, 2.24) is 0 Å². The first-order valence-electron chi connectivity index (χ1n) is 5.53. The smallest absolute Gasteiger partial charge is 0.0483 e. The Morgan fingerprint density at radius 1 is 1.38 bits per heavy atom. The Balaban J connectivity index is 2.41. The summed E-state index contributed by atoms with van der Waals surface area (Å²) in [4.78, 5) is 0. The highest BCUT2D eigenvalue weighted by Gasteiger charge is 2.27. The highest BCUT2D eigenvalue weighted by Crippen LogP contribution is 2.26. The Kier molecular flexibility index (Phi) is 4.20. The monoisotopic (exact) mass is 185 g/mol. The van der Waals surface area contributed by atoms with Crippen molar-refractivity contribution >= 4 is 0 Å². The summed E-state index contributed by atoms with van der Waals surface area (Å²) in [5.41, 5.74) is 6.42. The van der Waals surface area contributed by atoms with Crippen LogP contribution in [0.1, 0.15) is 46.0 Å². The van der Waals surface area contributed by atoms with Crippen molar-refractivity contribution in [2.45, 2.75) is 51.5 Å². The molecule has 0 aromatic carbocycles. The molecule has 2 N–H and O–H groups in total. The second kappa shape index (κ2) is 4.97. The van der Waals surface area contributed by atoms with E-state index < -0.39 is 0 Å². The summed E-state index contributed by atoms with van der Waals surface area (Å²) in [6.45, 7) is 6.29. The lowest BCUT2D eigenvalue weighted by molar-refractivity contribution is 0.137. The molecule has 1 rings (SSSR count). The van der Waals surface area contributed by atoms with Crippen LogP contribution < -0.4 is 5.73 Å². The topological polar surface area (TPSA) is 35.2 Å². The maximum atomic E-state index is 6.36. The van der Waals surface area contributed by atoms with E-state index in [-0.39, 0.29) is 5.54 Å². The molecular formula is C11H23NO. The minimum atomic E-state index is 0.0614. The largest absolute Gasteiger partial charge is 0.381 e. The highest BCUT2D eigenvalue weighted by molar-refractivity contribution is 4.86. The minimum Gasteiger partial charge on any atom is -0.381 e. The molecule has 13 heavy (non-hydrogen) atoms. The van der Waals surface area contributed by atoms with Gasteiger partial charge in [-0.05, 0) is 31.6 Å². The van der Waals surface area contributed by atoms with Crippen LogP contribution in [-0.2, 0) is 4.74 Å². The molecule has 0 radical (unpaired) electrons. The van der Waals surface area contributed by atoms with Crippen molar-refractivity contribution in [3.8, 4) is 0 Å². The van der Waals surface area contributed by atoms with Gasteiger partial charge in [-0.25, -0.2) is 0 Å². The van der Waals surface area contributed by atoms with Crippen molar-refractivity contribution in [1.29, 1.82) is 0 Å². The molecule has 1 aliphatic heterocycles. The van der Waals surface area contributed by atoms with Gasteiger partial charge in [0.1, 0.15) is 0 Å². The third kappa shape index (κ3) is 3.65. The van der Waals surface area contributed by atoms with Gasteiger partial charge in [0.05, 0.1) is 0 Å². The van der Waals surface area contributed by atoms with Gasteiger partial charge in [0.2, 0.25) is 0 Å². The summed E-state index contributed by atoms with van der Waals surface area (Å²) < 4.78 is 5.43. The van der Waals surface area contributed by atoms with E-state index in [1.165, 1.54) is 6.42 Å². The number of nitrogens with two attached hydrogens (primary N) is 1. The molecule has 0 spiro atoms. The summed E-state index contributed by atoms with van der Waals surface area (Å²) in [5.74, 6) is 0.753. The summed E-state index contributed by atoms with van der Waals surface area (Å²) in [7, 11) is 0. The maximum absolute atomic E-state index is 6.36. The molecule has 2 unspecified atom stereocenters. The van der Waals surface area contributed by atoms with Crippen LogP contribution in [0.4, 0.5) is 0 Å². The minimum absolute atomic E-state index is 0.0614. The number of ether oxygens (including phenoxy) is 1. The van der Waals surface area contributed by atoms with Gasteiger partial charge >= 0.3 is 0 Å². The molecule has 1 heterocycles. The standard InChI is InChI=1S/C11H23NO/c1-3-10(2)9-11(12)5-4-7-13-8-6-11/h10H,3-9,12H2,1-2H3. The molecule has 0 saturated carbocycles. The Morgan fingerprint density at radius 2 is 2.15 bits per heavy atom. The molecule has 0 amide bonds. The summed E-state index contributed by atoms with van der Waals surface area (Å²) >= 11 is 0. The molecule has 2 heteroatoms. The van der Waals surface area contributed by atoms with E-state index in [1.807, 2.05) is 0 Å². The molecule has 2 nitrogen and oxygen atoms in total. The quantitative estimate of drug-likeness (QED) is 0.732. The van der Waals surface area contributed by atoms with Crippen LogP contribution in [0.2, 0.25) is 0 Å². The molecule has 1 aliphatic rings. The van der Waals surface area contributed by atoms with E-state index in [0.717, 1.165) is 44.8 Å². The Hall–Kier alpha value is -0.0800. The second-order valence-electron chi connectivity index (χ2n) is 4.55. The van der Waals surface area contributed by atoms with E-state index >= 15 is 0 Å². The average molecular weight is 185 g/mol. The lowest BCUT2D eigenvalue weighted by Crippen LogP contribution is -2.41. The molecule has 0 aromatic heterocycles. The van der Waals surface area contributed by atoms with Gasteiger partial charge in [0, 0.05) is 18.8 Å². The van der Waals surface area contributed by atoms with Gasteiger partial charge in [-0.1, -0.05) is 20.3 Å². The van der Waals surface area contributed by atoms with Crippen molar-refractivity contribution in [3.05, 3.63) is 0 Å². The van der Waals surface area contributed by atoms with Crippen molar-refractivity contribution in [2.75, 3.05) is 13.2 Å². The SMILES string of the molecule is CCC(C)CC1(N)CCCOCC1. The first kappa shape index (κ1) is 11.0. The van der Waals surface area contributed by atoms with Crippen LogP contribution in [0.5, 0.6) is 0 Å². The Labute approximate surface area is 81.8 Å². The Bertz CT molecular complexity index is 139. The third-order valence-corrected chi connectivity index (χ3v) is 3.16. The van der Waals surface area contributed by atoms with E-state index in [2.05, 4.69) is 13.8 Å². The van der Waals surface area contributed by atoms with Gasteiger partial charge in [0.25, 0.3) is 0 Å². The average Bonchev–Trinajstić information content (AvgIpc) is 2.30. The zero-order chi connectivity index (χ0) is 9.73. The molecule has 2 atom stereocenters. The molecule has 78 valence electrons. The van der Waals surface area contributed by atoms with E-state index in [4.69, 9.17) is 10.5 Å². The van der Waals surface area contributed by atoms with Gasteiger partial charge < -0.3 is 10.5 Å². The molecule has 1 fully saturated rings. The van der Waals surface area contributed by atoms with Gasteiger partial charge in [-0.3, -0.25) is 0 Å². The van der Waals surface area contributed by atoms with E-state index in [9.17, 15) is 0 Å². The number of hydrogen-bond acceptors (Lipinski definition) is 2. The predicted molar refractivity (Wildman–Crippen MR) is 55.7 cm³/mol. The van der Waals surface area contributed by atoms with Crippen molar-refractivity contribution in [2.24, 2.45) is 11.7 Å². The fourth-order valence-corrected chi connectivity index (χ4v) is 2.07. The molecule has 0 bridgehead atoms. The summed E-state index contributed by atoms with van der Waals surface area (Å²) in [5, 5.41) is 0. The molecule has 1 saturated heterocycles.